The monoisotopic (exact) mass is 450 g/mol. The third-order valence-electron chi connectivity index (χ3n) is 4.71. The number of fused-ring (bicyclic) bond motifs is 1. The minimum Gasteiger partial charge on any atom is -0.497 e. The molecule has 166 valence electrons. The van der Waals surface area contributed by atoms with Gasteiger partial charge in [-0.15, -0.1) is 0 Å². The maximum Gasteiger partial charge on any atom is 0.455 e. The van der Waals surface area contributed by atoms with E-state index in [1.165, 1.54) is 54.8 Å². The molecule has 2 aromatic carbocycles. The first-order valence-electron chi connectivity index (χ1n) is 9.01. The van der Waals surface area contributed by atoms with Gasteiger partial charge in [-0.2, -0.15) is 9.55 Å². The van der Waals surface area contributed by atoms with Gasteiger partial charge in [0.25, 0.3) is 0 Å². The van der Waals surface area contributed by atoms with Crippen molar-refractivity contribution in [2.24, 2.45) is 0 Å². The molecule has 3 rings (SSSR count). The van der Waals surface area contributed by atoms with E-state index in [4.69, 9.17) is 28.0 Å². The fourth-order valence-corrected chi connectivity index (χ4v) is 4.23. The molecule has 3 aromatic rings. The lowest BCUT2D eigenvalue weighted by molar-refractivity contribution is 0.103. The van der Waals surface area contributed by atoms with Crippen LogP contribution in [0.25, 0.3) is 10.9 Å². The third kappa shape index (κ3) is 3.85. The Kier molecular flexibility index (Phi) is 6.54. The van der Waals surface area contributed by atoms with Crippen molar-refractivity contribution in [2.75, 3.05) is 42.7 Å². The SMILES string of the molecule is COc1ccc2c(C(=O)c3cc(OC)c(OC)c(OC)c3)nn(P(=O)(OC)OC)c2c1. The van der Waals surface area contributed by atoms with Gasteiger partial charge in [0.1, 0.15) is 11.4 Å². The number of rotatable bonds is 9. The number of carbonyl (C=O) groups excluding carboxylic acids is 1. The largest absolute Gasteiger partial charge is 0.497 e. The number of ketones is 1. The smallest absolute Gasteiger partial charge is 0.455 e. The van der Waals surface area contributed by atoms with Crippen LogP contribution in [0.2, 0.25) is 0 Å². The Morgan fingerprint density at radius 3 is 1.97 bits per heavy atom. The summed E-state index contributed by atoms with van der Waals surface area (Å²) in [6.07, 6.45) is 0. The van der Waals surface area contributed by atoms with Crippen molar-refractivity contribution in [1.29, 1.82) is 0 Å². The molecule has 0 aliphatic carbocycles. The highest BCUT2D eigenvalue weighted by Crippen LogP contribution is 2.50. The second kappa shape index (κ2) is 8.97. The Bertz CT molecular complexity index is 1140. The molecule has 10 nitrogen and oxygen atoms in total. The predicted molar refractivity (Wildman–Crippen MR) is 113 cm³/mol. The van der Waals surface area contributed by atoms with E-state index < -0.39 is 13.5 Å². The third-order valence-corrected chi connectivity index (χ3v) is 6.40. The normalized spacial score (nSPS) is 11.4. The van der Waals surface area contributed by atoms with Crippen molar-refractivity contribution in [1.82, 2.24) is 9.55 Å². The summed E-state index contributed by atoms with van der Waals surface area (Å²) in [5, 5.41) is 4.73. The van der Waals surface area contributed by atoms with Gasteiger partial charge in [-0.05, 0) is 24.3 Å². The van der Waals surface area contributed by atoms with Crippen LogP contribution in [-0.2, 0) is 13.6 Å². The lowest BCUT2D eigenvalue weighted by atomic mass is 10.0. The van der Waals surface area contributed by atoms with Crippen LogP contribution in [0.5, 0.6) is 23.0 Å². The molecule has 1 heterocycles. The molecule has 31 heavy (non-hydrogen) atoms. The number of carbonyl (C=O) groups is 1. The van der Waals surface area contributed by atoms with Crippen LogP contribution in [0.15, 0.2) is 30.3 Å². The Hall–Kier alpha value is -3.07. The van der Waals surface area contributed by atoms with Crippen LogP contribution >= 0.6 is 7.75 Å². The summed E-state index contributed by atoms with van der Waals surface area (Å²) in [4.78, 5) is 13.4. The van der Waals surface area contributed by atoms with E-state index in [0.717, 1.165) is 4.45 Å². The van der Waals surface area contributed by atoms with Gasteiger partial charge in [0.15, 0.2) is 11.5 Å². The molecule has 0 atom stereocenters. The molecule has 0 N–H and O–H groups in total. The summed E-state index contributed by atoms with van der Waals surface area (Å²) in [5.41, 5.74) is 0.630. The van der Waals surface area contributed by atoms with Crippen molar-refractivity contribution in [3.63, 3.8) is 0 Å². The Morgan fingerprint density at radius 2 is 1.48 bits per heavy atom. The zero-order valence-electron chi connectivity index (χ0n) is 18.0. The first kappa shape index (κ1) is 22.6. The number of methoxy groups -OCH3 is 4. The number of aromatic nitrogens is 2. The fraction of sp³-hybridized carbons (Fsp3) is 0.300. The summed E-state index contributed by atoms with van der Waals surface area (Å²) in [6, 6.07) is 7.96. The topological polar surface area (TPSA) is 107 Å². The van der Waals surface area contributed by atoms with Crippen LogP contribution in [0.1, 0.15) is 16.1 Å². The standard InChI is InChI=1S/C20H23N2O8P/c1-25-13-7-8-14-15(11-13)22(31(24,29-5)30-6)21-18(14)19(23)12-9-16(26-2)20(28-4)17(10-12)27-3/h7-11H,1-6H3. The minimum atomic E-state index is -3.83. The molecule has 0 unspecified atom stereocenters. The molecule has 0 saturated carbocycles. The van der Waals surface area contributed by atoms with Crippen LogP contribution in [0, 0.1) is 0 Å². The summed E-state index contributed by atoms with van der Waals surface area (Å²) in [6.45, 7) is 0. The Morgan fingerprint density at radius 1 is 0.871 bits per heavy atom. The molecule has 0 aliphatic rings. The highest BCUT2D eigenvalue weighted by Gasteiger charge is 2.32. The van der Waals surface area contributed by atoms with E-state index in [-0.39, 0.29) is 11.3 Å². The highest BCUT2D eigenvalue weighted by atomic mass is 31.2. The van der Waals surface area contributed by atoms with Crippen molar-refractivity contribution in [2.45, 2.75) is 0 Å². The van der Waals surface area contributed by atoms with E-state index in [0.29, 0.717) is 33.9 Å². The van der Waals surface area contributed by atoms with Gasteiger partial charge in [-0.1, -0.05) is 0 Å². The fourth-order valence-electron chi connectivity index (χ4n) is 3.14. The summed E-state index contributed by atoms with van der Waals surface area (Å²) < 4.78 is 45.5. The molecular formula is C20H23N2O8P. The van der Waals surface area contributed by atoms with Gasteiger partial charge < -0.3 is 18.9 Å². The van der Waals surface area contributed by atoms with E-state index in [2.05, 4.69) is 5.10 Å². The first-order valence-corrected chi connectivity index (χ1v) is 10.5. The second-order valence-electron chi connectivity index (χ2n) is 6.20. The van der Waals surface area contributed by atoms with Crippen LogP contribution in [-0.4, -0.2) is 58.0 Å². The summed E-state index contributed by atoms with van der Waals surface area (Å²) in [5.74, 6) is 1.01. The van der Waals surface area contributed by atoms with E-state index in [1.54, 1.807) is 18.2 Å². The van der Waals surface area contributed by atoms with Gasteiger partial charge in [0.05, 0.1) is 34.0 Å². The number of benzene rings is 2. The molecule has 0 saturated heterocycles. The highest BCUT2D eigenvalue weighted by molar-refractivity contribution is 7.52. The summed E-state index contributed by atoms with van der Waals surface area (Å²) >= 11 is 0. The second-order valence-corrected chi connectivity index (χ2v) is 8.24. The van der Waals surface area contributed by atoms with Crippen molar-refractivity contribution in [3.05, 3.63) is 41.6 Å². The zero-order valence-corrected chi connectivity index (χ0v) is 18.9. The first-order chi connectivity index (χ1) is 14.9. The number of ether oxygens (including phenoxy) is 4. The average molecular weight is 450 g/mol. The molecule has 0 radical (unpaired) electrons. The van der Waals surface area contributed by atoms with Crippen LogP contribution in [0.3, 0.4) is 0 Å². The van der Waals surface area contributed by atoms with Gasteiger partial charge in [-0.3, -0.25) is 13.8 Å². The van der Waals surface area contributed by atoms with Gasteiger partial charge in [-0.25, -0.2) is 4.57 Å². The van der Waals surface area contributed by atoms with Crippen LogP contribution < -0.4 is 18.9 Å². The molecule has 0 amide bonds. The molecule has 0 fully saturated rings. The van der Waals surface area contributed by atoms with Gasteiger partial charge in [0, 0.05) is 31.2 Å². The average Bonchev–Trinajstić information content (AvgIpc) is 3.21. The number of hydrogen-bond acceptors (Lipinski definition) is 9. The van der Waals surface area contributed by atoms with Crippen molar-refractivity contribution < 1.29 is 37.4 Å². The Balaban J connectivity index is 2.26. The lowest BCUT2D eigenvalue weighted by Gasteiger charge is -2.14. The lowest BCUT2D eigenvalue weighted by Crippen LogP contribution is -2.07. The van der Waals surface area contributed by atoms with E-state index in [9.17, 15) is 9.36 Å². The van der Waals surface area contributed by atoms with Crippen molar-refractivity contribution in [3.8, 4) is 23.0 Å². The van der Waals surface area contributed by atoms with Gasteiger partial charge >= 0.3 is 7.75 Å². The minimum absolute atomic E-state index is 0.0428. The quantitative estimate of drug-likeness (QED) is 0.357. The number of hydrogen-bond donors (Lipinski definition) is 0. The molecule has 11 heteroatoms. The van der Waals surface area contributed by atoms with E-state index in [1.807, 2.05) is 0 Å². The van der Waals surface area contributed by atoms with Crippen LogP contribution in [0.4, 0.5) is 0 Å². The summed E-state index contributed by atoms with van der Waals surface area (Å²) in [7, 11) is 4.51. The number of nitrogens with zero attached hydrogens (tertiary/aromatic N) is 2. The molecule has 0 aliphatic heterocycles. The Labute approximate surface area is 179 Å². The molecule has 1 aromatic heterocycles. The maximum absolute atomic E-state index is 13.4. The zero-order chi connectivity index (χ0) is 22.8. The molecule has 0 spiro atoms. The maximum atomic E-state index is 13.4. The molecular weight excluding hydrogens is 427 g/mol. The predicted octanol–water partition coefficient (Wildman–Crippen LogP) is 3.55. The van der Waals surface area contributed by atoms with E-state index >= 15 is 0 Å². The molecule has 0 bridgehead atoms. The van der Waals surface area contributed by atoms with Gasteiger partial charge in [0.2, 0.25) is 11.5 Å². The van der Waals surface area contributed by atoms with Crippen molar-refractivity contribution >= 4 is 24.4 Å².